The summed E-state index contributed by atoms with van der Waals surface area (Å²) in [5.74, 6) is 0. The van der Waals surface area contributed by atoms with Crippen LogP contribution in [0.25, 0.3) is 0 Å². The number of rotatable bonds is 7. The van der Waals surface area contributed by atoms with Crippen molar-refractivity contribution in [2.24, 2.45) is 0 Å². The van der Waals surface area contributed by atoms with E-state index in [0.717, 1.165) is 37.1 Å². The smallest absolute Gasteiger partial charge is 0.407 e. The van der Waals surface area contributed by atoms with Crippen molar-refractivity contribution in [3.63, 3.8) is 0 Å². The van der Waals surface area contributed by atoms with Crippen LogP contribution in [0.5, 0.6) is 0 Å². The van der Waals surface area contributed by atoms with Gasteiger partial charge in [0.15, 0.2) is 0 Å². The number of hydrogen-bond acceptors (Lipinski definition) is 4. The Morgan fingerprint density at radius 1 is 1.08 bits per heavy atom. The van der Waals surface area contributed by atoms with E-state index in [1.54, 1.807) is 0 Å². The Kier molecular flexibility index (Phi) is 5.80. The zero-order valence-electron chi connectivity index (χ0n) is 13.7. The van der Waals surface area contributed by atoms with E-state index in [4.69, 9.17) is 4.74 Å². The molecule has 3 rings (SSSR count). The minimum Gasteiger partial charge on any atom is -0.445 e. The predicted octanol–water partition coefficient (Wildman–Crippen LogP) is 2.67. The number of pyridine rings is 1. The maximum atomic E-state index is 11.8. The average Bonchev–Trinajstić information content (AvgIpc) is 2.59. The van der Waals surface area contributed by atoms with Crippen LogP contribution in [0.15, 0.2) is 54.7 Å². The summed E-state index contributed by atoms with van der Waals surface area (Å²) in [7, 11) is 0. The molecule has 0 spiro atoms. The first kappa shape index (κ1) is 16.5. The van der Waals surface area contributed by atoms with Crippen molar-refractivity contribution >= 4 is 6.09 Å². The van der Waals surface area contributed by atoms with Crippen LogP contribution in [0.3, 0.4) is 0 Å². The number of nitrogens with one attached hydrogen (secondary N) is 2. The molecule has 0 unspecified atom stereocenters. The lowest BCUT2D eigenvalue weighted by Crippen LogP contribution is -2.52. The Morgan fingerprint density at radius 2 is 1.88 bits per heavy atom. The molecular weight excluding hydrogens is 302 g/mol. The molecule has 1 saturated carbocycles. The van der Waals surface area contributed by atoms with Crippen LogP contribution in [0.2, 0.25) is 0 Å². The molecule has 126 valence electrons. The molecule has 1 aliphatic rings. The van der Waals surface area contributed by atoms with Gasteiger partial charge in [0.25, 0.3) is 0 Å². The quantitative estimate of drug-likeness (QED) is 0.821. The van der Waals surface area contributed by atoms with Crippen molar-refractivity contribution in [3.8, 4) is 0 Å². The van der Waals surface area contributed by atoms with Gasteiger partial charge in [0, 0.05) is 36.9 Å². The second-order valence-electron chi connectivity index (χ2n) is 6.10. The highest BCUT2D eigenvalue weighted by Crippen LogP contribution is 2.20. The SMILES string of the molecule is O=C(NC1CC(NCCc2ccccn2)C1)OCc1ccccc1. The summed E-state index contributed by atoms with van der Waals surface area (Å²) in [5.41, 5.74) is 2.10. The fourth-order valence-corrected chi connectivity index (χ4v) is 2.78. The van der Waals surface area contributed by atoms with E-state index >= 15 is 0 Å². The molecule has 1 aromatic carbocycles. The van der Waals surface area contributed by atoms with Gasteiger partial charge >= 0.3 is 6.09 Å². The molecule has 0 aliphatic heterocycles. The minimum atomic E-state index is -0.337. The van der Waals surface area contributed by atoms with Crippen LogP contribution < -0.4 is 10.6 Å². The maximum Gasteiger partial charge on any atom is 0.407 e. The lowest BCUT2D eigenvalue weighted by atomic mass is 9.87. The molecule has 1 amide bonds. The van der Waals surface area contributed by atoms with Crippen molar-refractivity contribution in [2.75, 3.05) is 6.54 Å². The number of aromatic nitrogens is 1. The highest BCUT2D eigenvalue weighted by molar-refractivity contribution is 5.67. The van der Waals surface area contributed by atoms with Crippen molar-refractivity contribution in [1.82, 2.24) is 15.6 Å². The number of carbonyl (C=O) groups excluding carboxylic acids is 1. The van der Waals surface area contributed by atoms with Crippen LogP contribution in [0, 0.1) is 0 Å². The van der Waals surface area contributed by atoms with Gasteiger partial charge in [-0.2, -0.15) is 0 Å². The van der Waals surface area contributed by atoms with Crippen molar-refractivity contribution < 1.29 is 9.53 Å². The van der Waals surface area contributed by atoms with Gasteiger partial charge in [0.2, 0.25) is 0 Å². The van der Waals surface area contributed by atoms with E-state index in [9.17, 15) is 4.79 Å². The number of carbonyl (C=O) groups is 1. The topological polar surface area (TPSA) is 63.2 Å². The Morgan fingerprint density at radius 3 is 2.62 bits per heavy atom. The largest absolute Gasteiger partial charge is 0.445 e. The zero-order valence-corrected chi connectivity index (χ0v) is 13.7. The van der Waals surface area contributed by atoms with Gasteiger partial charge in [-0.25, -0.2) is 4.79 Å². The monoisotopic (exact) mass is 325 g/mol. The molecule has 0 radical (unpaired) electrons. The van der Waals surface area contributed by atoms with Gasteiger partial charge in [-0.15, -0.1) is 0 Å². The molecule has 2 N–H and O–H groups in total. The second kappa shape index (κ2) is 8.45. The second-order valence-corrected chi connectivity index (χ2v) is 6.10. The lowest BCUT2D eigenvalue weighted by molar-refractivity contribution is 0.125. The highest BCUT2D eigenvalue weighted by atomic mass is 16.5. The third kappa shape index (κ3) is 5.06. The first-order valence-electron chi connectivity index (χ1n) is 8.40. The molecule has 0 bridgehead atoms. The Labute approximate surface area is 142 Å². The lowest BCUT2D eigenvalue weighted by Gasteiger charge is -2.36. The molecular formula is C19H23N3O2. The van der Waals surface area contributed by atoms with E-state index < -0.39 is 0 Å². The highest BCUT2D eigenvalue weighted by Gasteiger charge is 2.30. The summed E-state index contributed by atoms with van der Waals surface area (Å²) in [6.45, 7) is 1.22. The summed E-state index contributed by atoms with van der Waals surface area (Å²) < 4.78 is 5.23. The van der Waals surface area contributed by atoms with Crippen molar-refractivity contribution in [3.05, 3.63) is 66.0 Å². The molecule has 24 heavy (non-hydrogen) atoms. The van der Waals surface area contributed by atoms with Gasteiger partial charge < -0.3 is 15.4 Å². The fourth-order valence-electron chi connectivity index (χ4n) is 2.78. The van der Waals surface area contributed by atoms with Crippen LogP contribution in [0.4, 0.5) is 4.79 Å². The van der Waals surface area contributed by atoms with E-state index in [1.807, 2.05) is 54.7 Å². The van der Waals surface area contributed by atoms with Crippen LogP contribution in [-0.2, 0) is 17.8 Å². The van der Waals surface area contributed by atoms with Crippen LogP contribution in [0.1, 0.15) is 24.1 Å². The van der Waals surface area contributed by atoms with Gasteiger partial charge in [-0.05, 0) is 30.5 Å². The summed E-state index contributed by atoms with van der Waals surface area (Å²) in [4.78, 5) is 16.1. The molecule has 1 aromatic heterocycles. The van der Waals surface area contributed by atoms with E-state index in [-0.39, 0.29) is 12.1 Å². The maximum absolute atomic E-state index is 11.8. The van der Waals surface area contributed by atoms with Gasteiger partial charge in [-0.3, -0.25) is 4.98 Å². The Hall–Kier alpha value is -2.40. The van der Waals surface area contributed by atoms with Crippen LogP contribution >= 0.6 is 0 Å². The molecule has 2 aromatic rings. The van der Waals surface area contributed by atoms with Gasteiger partial charge in [0.05, 0.1) is 0 Å². The number of benzene rings is 1. The molecule has 1 heterocycles. The Balaban J connectivity index is 1.26. The number of alkyl carbamates (subject to hydrolysis) is 1. The first-order valence-corrected chi connectivity index (χ1v) is 8.40. The molecule has 5 nitrogen and oxygen atoms in total. The molecule has 1 fully saturated rings. The average molecular weight is 325 g/mol. The summed E-state index contributed by atoms with van der Waals surface area (Å²) >= 11 is 0. The van der Waals surface area contributed by atoms with E-state index in [1.165, 1.54) is 0 Å². The van der Waals surface area contributed by atoms with Gasteiger partial charge in [0.1, 0.15) is 6.61 Å². The molecule has 1 aliphatic carbocycles. The molecule has 0 saturated heterocycles. The molecule has 0 atom stereocenters. The predicted molar refractivity (Wildman–Crippen MR) is 92.5 cm³/mol. The van der Waals surface area contributed by atoms with Crippen molar-refractivity contribution in [2.45, 2.75) is 38.0 Å². The van der Waals surface area contributed by atoms with Gasteiger partial charge in [-0.1, -0.05) is 36.4 Å². The summed E-state index contributed by atoms with van der Waals surface area (Å²) in [6, 6.07) is 16.3. The number of hydrogen-bond donors (Lipinski definition) is 2. The third-order valence-corrected chi connectivity index (χ3v) is 4.21. The van der Waals surface area contributed by atoms with E-state index in [2.05, 4.69) is 15.6 Å². The zero-order chi connectivity index (χ0) is 16.6. The first-order chi connectivity index (χ1) is 11.8. The van der Waals surface area contributed by atoms with E-state index in [0.29, 0.717) is 12.6 Å². The minimum absolute atomic E-state index is 0.209. The normalized spacial score (nSPS) is 19.3. The fraction of sp³-hybridized carbons (Fsp3) is 0.368. The molecule has 5 heteroatoms. The third-order valence-electron chi connectivity index (χ3n) is 4.21. The number of ether oxygens (including phenoxy) is 1. The Bertz CT molecular complexity index is 628. The number of amides is 1. The van der Waals surface area contributed by atoms with Crippen molar-refractivity contribution in [1.29, 1.82) is 0 Å². The summed E-state index contributed by atoms with van der Waals surface area (Å²) in [5, 5.41) is 6.41. The number of nitrogens with zero attached hydrogens (tertiary/aromatic N) is 1. The summed E-state index contributed by atoms with van der Waals surface area (Å²) in [6.07, 6.45) is 4.30. The standard InChI is InChI=1S/C19H23N3O2/c23-19(24-14-15-6-2-1-3-7-15)22-18-12-17(13-18)21-11-9-16-8-4-5-10-20-16/h1-8,10,17-18,21H,9,11-14H2,(H,22,23). The van der Waals surface area contributed by atoms with Crippen LogP contribution in [-0.4, -0.2) is 29.7 Å².